The van der Waals surface area contributed by atoms with Crippen LogP contribution in [-0.4, -0.2) is 0 Å². The van der Waals surface area contributed by atoms with Crippen LogP contribution in [0, 0.1) is 11.8 Å². The highest BCUT2D eigenvalue weighted by atomic mass is 14.3. The molecule has 0 heteroatoms. The van der Waals surface area contributed by atoms with Gasteiger partial charge in [-0.2, -0.15) is 0 Å². The summed E-state index contributed by atoms with van der Waals surface area (Å²) in [6, 6.07) is 14.1. The summed E-state index contributed by atoms with van der Waals surface area (Å²) in [5.41, 5.74) is 3.01. The molecule has 0 radical (unpaired) electrons. The van der Waals surface area contributed by atoms with Crippen LogP contribution >= 0.6 is 0 Å². The third-order valence-electron chi connectivity index (χ3n) is 6.09. The van der Waals surface area contributed by atoms with Gasteiger partial charge in [0, 0.05) is 0 Å². The average Bonchev–Trinajstić information content (AvgIpc) is 2.61. The molecule has 0 N–H and O–H groups in total. The van der Waals surface area contributed by atoms with Gasteiger partial charge in [0.1, 0.15) is 0 Å². The number of hydrogen-bond donors (Lipinski definition) is 0. The van der Waals surface area contributed by atoms with Crippen LogP contribution in [0.3, 0.4) is 0 Å². The molecule has 0 aliphatic heterocycles. The molecule has 1 saturated carbocycles. The highest BCUT2D eigenvalue weighted by molar-refractivity contribution is 5.84. The zero-order chi connectivity index (χ0) is 16.2. The molecule has 0 nitrogen and oxygen atoms in total. The first kappa shape index (κ1) is 16.6. The van der Waals surface area contributed by atoms with Crippen molar-refractivity contribution in [3.63, 3.8) is 0 Å². The SMILES string of the molecule is CCc1ccc2cc(C3CCC(CC(C)CC)CC3)ccc2c1. The summed E-state index contributed by atoms with van der Waals surface area (Å²) in [6.45, 7) is 6.97. The van der Waals surface area contributed by atoms with Gasteiger partial charge in [-0.3, -0.25) is 0 Å². The molecule has 124 valence electrons. The molecule has 2 aromatic carbocycles. The molecule has 1 aliphatic rings. The van der Waals surface area contributed by atoms with Crippen molar-refractivity contribution in [2.24, 2.45) is 11.8 Å². The van der Waals surface area contributed by atoms with Crippen LogP contribution in [0.2, 0.25) is 0 Å². The summed E-state index contributed by atoms with van der Waals surface area (Å²) in [7, 11) is 0. The van der Waals surface area contributed by atoms with Crippen LogP contribution in [0.4, 0.5) is 0 Å². The van der Waals surface area contributed by atoms with Crippen molar-refractivity contribution in [1.82, 2.24) is 0 Å². The molecule has 3 rings (SSSR count). The lowest BCUT2D eigenvalue weighted by Crippen LogP contribution is -2.15. The van der Waals surface area contributed by atoms with E-state index in [0.29, 0.717) is 0 Å². The van der Waals surface area contributed by atoms with Crippen LogP contribution in [0.15, 0.2) is 36.4 Å². The van der Waals surface area contributed by atoms with Crippen molar-refractivity contribution in [2.75, 3.05) is 0 Å². The Morgan fingerprint density at radius 3 is 2.30 bits per heavy atom. The van der Waals surface area contributed by atoms with E-state index in [0.717, 1.165) is 24.2 Å². The van der Waals surface area contributed by atoms with Crippen LogP contribution in [0.25, 0.3) is 10.8 Å². The second kappa shape index (κ2) is 7.51. The second-order valence-electron chi connectivity index (χ2n) is 7.76. The first-order chi connectivity index (χ1) is 11.2. The fourth-order valence-electron chi connectivity index (χ4n) is 4.25. The summed E-state index contributed by atoms with van der Waals surface area (Å²) in [5, 5.41) is 2.82. The summed E-state index contributed by atoms with van der Waals surface area (Å²) < 4.78 is 0. The first-order valence-electron chi connectivity index (χ1n) is 9.72. The van der Waals surface area contributed by atoms with Crippen LogP contribution in [0.1, 0.15) is 76.3 Å². The van der Waals surface area contributed by atoms with E-state index in [1.807, 2.05) is 0 Å². The molecule has 1 aliphatic carbocycles. The van der Waals surface area contributed by atoms with Gasteiger partial charge in [0.2, 0.25) is 0 Å². The lowest BCUT2D eigenvalue weighted by molar-refractivity contribution is 0.273. The number of aryl methyl sites for hydroxylation is 1. The van der Waals surface area contributed by atoms with E-state index in [9.17, 15) is 0 Å². The number of hydrogen-bond acceptors (Lipinski definition) is 0. The Kier molecular flexibility index (Phi) is 5.41. The Morgan fingerprint density at radius 1 is 0.913 bits per heavy atom. The molecular formula is C23H32. The van der Waals surface area contributed by atoms with Gasteiger partial charge in [-0.25, -0.2) is 0 Å². The number of benzene rings is 2. The maximum atomic E-state index is 2.45. The van der Waals surface area contributed by atoms with Gasteiger partial charge in [-0.1, -0.05) is 63.6 Å². The highest BCUT2D eigenvalue weighted by Crippen LogP contribution is 2.39. The maximum absolute atomic E-state index is 2.45. The molecule has 0 saturated heterocycles. The lowest BCUT2D eigenvalue weighted by Gasteiger charge is -2.30. The Balaban J connectivity index is 1.67. The van der Waals surface area contributed by atoms with Crippen molar-refractivity contribution < 1.29 is 0 Å². The fourth-order valence-corrected chi connectivity index (χ4v) is 4.25. The summed E-state index contributed by atoms with van der Waals surface area (Å²) in [4.78, 5) is 0. The number of fused-ring (bicyclic) bond motifs is 1. The Labute approximate surface area is 142 Å². The largest absolute Gasteiger partial charge is 0.0651 e. The van der Waals surface area contributed by atoms with Gasteiger partial charge in [0.15, 0.2) is 0 Å². The molecule has 1 fully saturated rings. The van der Waals surface area contributed by atoms with E-state index in [4.69, 9.17) is 0 Å². The predicted molar refractivity (Wildman–Crippen MR) is 102 cm³/mol. The topological polar surface area (TPSA) is 0 Å². The van der Waals surface area contributed by atoms with E-state index in [1.165, 1.54) is 54.9 Å². The van der Waals surface area contributed by atoms with Gasteiger partial charge < -0.3 is 0 Å². The van der Waals surface area contributed by atoms with Crippen LogP contribution < -0.4 is 0 Å². The van der Waals surface area contributed by atoms with Crippen LogP contribution in [-0.2, 0) is 6.42 Å². The standard InChI is InChI=1S/C23H32/c1-4-17(3)14-19-7-9-20(10-8-19)22-13-12-21-15-18(5-2)6-11-23(21)16-22/h6,11-13,15-17,19-20H,4-5,7-10,14H2,1-3H3. The molecule has 0 heterocycles. The molecule has 0 amide bonds. The molecule has 0 aromatic heterocycles. The highest BCUT2D eigenvalue weighted by Gasteiger charge is 2.23. The maximum Gasteiger partial charge on any atom is -0.0162 e. The quantitative estimate of drug-likeness (QED) is 0.552. The minimum atomic E-state index is 0.790. The minimum Gasteiger partial charge on any atom is -0.0651 e. The van der Waals surface area contributed by atoms with Crippen molar-refractivity contribution in [2.45, 2.75) is 71.6 Å². The summed E-state index contributed by atoms with van der Waals surface area (Å²) in [5.74, 6) is 2.68. The lowest BCUT2D eigenvalue weighted by atomic mass is 9.75. The Hall–Kier alpha value is -1.30. The van der Waals surface area contributed by atoms with E-state index in [1.54, 1.807) is 5.56 Å². The summed E-state index contributed by atoms with van der Waals surface area (Å²) in [6.07, 6.45) is 9.55. The molecule has 1 unspecified atom stereocenters. The van der Waals surface area contributed by atoms with Gasteiger partial charge >= 0.3 is 0 Å². The van der Waals surface area contributed by atoms with Gasteiger partial charge in [-0.15, -0.1) is 0 Å². The Bertz CT molecular complexity index is 632. The Morgan fingerprint density at radius 2 is 1.61 bits per heavy atom. The fraction of sp³-hybridized carbons (Fsp3) is 0.565. The van der Waals surface area contributed by atoms with Gasteiger partial charge in [0.05, 0.1) is 0 Å². The van der Waals surface area contributed by atoms with Crippen molar-refractivity contribution >= 4 is 10.8 Å². The van der Waals surface area contributed by atoms with E-state index >= 15 is 0 Å². The van der Waals surface area contributed by atoms with E-state index in [-0.39, 0.29) is 0 Å². The normalized spacial score (nSPS) is 23.1. The van der Waals surface area contributed by atoms with Gasteiger partial charge in [-0.05, 0) is 78.2 Å². The molecule has 0 bridgehead atoms. The zero-order valence-corrected chi connectivity index (χ0v) is 15.1. The number of rotatable bonds is 5. The molecular weight excluding hydrogens is 276 g/mol. The average molecular weight is 309 g/mol. The summed E-state index contributed by atoms with van der Waals surface area (Å²) >= 11 is 0. The van der Waals surface area contributed by atoms with Crippen molar-refractivity contribution in [1.29, 1.82) is 0 Å². The molecule has 23 heavy (non-hydrogen) atoms. The predicted octanol–water partition coefficient (Wildman–Crippen LogP) is 7.11. The molecule has 0 spiro atoms. The van der Waals surface area contributed by atoms with E-state index in [2.05, 4.69) is 57.2 Å². The zero-order valence-electron chi connectivity index (χ0n) is 15.1. The van der Waals surface area contributed by atoms with Crippen LogP contribution in [0.5, 0.6) is 0 Å². The first-order valence-corrected chi connectivity index (χ1v) is 9.72. The van der Waals surface area contributed by atoms with Gasteiger partial charge in [0.25, 0.3) is 0 Å². The van der Waals surface area contributed by atoms with Crippen molar-refractivity contribution in [3.05, 3.63) is 47.5 Å². The van der Waals surface area contributed by atoms with Crippen molar-refractivity contribution in [3.8, 4) is 0 Å². The monoisotopic (exact) mass is 308 g/mol. The third-order valence-corrected chi connectivity index (χ3v) is 6.09. The molecule has 2 aromatic rings. The second-order valence-corrected chi connectivity index (χ2v) is 7.76. The smallest absolute Gasteiger partial charge is 0.0162 e. The third kappa shape index (κ3) is 3.97. The molecule has 1 atom stereocenters. The van der Waals surface area contributed by atoms with E-state index < -0.39 is 0 Å². The minimum absolute atomic E-state index is 0.790.